The van der Waals surface area contributed by atoms with E-state index in [1.165, 1.54) is 6.92 Å². The molecule has 1 aromatic carbocycles. The molecule has 0 radical (unpaired) electrons. The van der Waals surface area contributed by atoms with Crippen LogP contribution in [0.3, 0.4) is 0 Å². The number of pyridine rings is 1. The Hall–Kier alpha value is -2.84. The fraction of sp³-hybridized carbons (Fsp3) is 0.481. The van der Waals surface area contributed by atoms with E-state index in [9.17, 15) is 4.79 Å². The first-order valence-electron chi connectivity index (χ1n) is 12.6. The van der Waals surface area contributed by atoms with Crippen molar-refractivity contribution in [2.24, 2.45) is 11.8 Å². The minimum absolute atomic E-state index is 0.00216. The zero-order valence-electron chi connectivity index (χ0n) is 21.8. The van der Waals surface area contributed by atoms with Crippen LogP contribution in [0.15, 0.2) is 48.7 Å². The normalized spacial score (nSPS) is 17.1. The van der Waals surface area contributed by atoms with Crippen molar-refractivity contribution in [3.63, 3.8) is 0 Å². The number of ether oxygens (including phenoxy) is 2. The molecule has 2 aromatic rings. The minimum atomic E-state index is -0.0114. The standard InChI is InChI=1S/C19H26ClN5O3.C6H5Cl.C2H6/c1-13(21)28-19(22)24-8-5-15(6-9-24)18(26)25-7-4-14(11-25)12-27-17-3-2-16(20)10-23-17;7-6-4-2-1-3-5-6;1-2/h2-3,10,14-15,21-22H,4-9,11-12H2,1H3;1-5H;1-2H3. The van der Waals surface area contributed by atoms with Gasteiger partial charge in [-0.1, -0.05) is 55.2 Å². The van der Waals surface area contributed by atoms with Gasteiger partial charge in [0.05, 0.1) is 11.6 Å². The van der Waals surface area contributed by atoms with Gasteiger partial charge in [-0.05, 0) is 37.5 Å². The van der Waals surface area contributed by atoms with E-state index >= 15 is 0 Å². The number of halogens is 2. The molecule has 1 unspecified atom stereocenters. The molecule has 2 aliphatic heterocycles. The number of rotatable bonds is 4. The molecule has 1 amide bonds. The topological polar surface area (TPSA) is 103 Å². The van der Waals surface area contributed by atoms with Crippen molar-refractivity contribution in [1.29, 1.82) is 10.8 Å². The highest BCUT2D eigenvalue weighted by atomic mass is 35.5. The fourth-order valence-corrected chi connectivity index (χ4v) is 4.29. The molecule has 2 saturated heterocycles. The van der Waals surface area contributed by atoms with E-state index in [2.05, 4.69) is 4.98 Å². The molecule has 1 aromatic heterocycles. The molecular weight excluding hydrogens is 513 g/mol. The fourth-order valence-electron chi connectivity index (χ4n) is 4.03. The van der Waals surface area contributed by atoms with Gasteiger partial charge in [0.15, 0.2) is 5.90 Å². The molecule has 202 valence electrons. The predicted octanol–water partition coefficient (Wildman–Crippen LogP) is 5.99. The Balaban J connectivity index is 0.000000455. The monoisotopic (exact) mass is 549 g/mol. The Labute approximate surface area is 229 Å². The van der Waals surface area contributed by atoms with E-state index in [4.69, 9.17) is 43.5 Å². The third kappa shape index (κ3) is 10.6. The second kappa shape index (κ2) is 16.1. The van der Waals surface area contributed by atoms with Crippen molar-refractivity contribution in [2.75, 3.05) is 32.8 Å². The van der Waals surface area contributed by atoms with Crippen LogP contribution in [0.2, 0.25) is 10.0 Å². The number of benzene rings is 1. The van der Waals surface area contributed by atoms with Gasteiger partial charge in [-0.15, -0.1) is 0 Å². The Bertz CT molecular complexity index is 983. The molecular formula is C27H37Cl2N5O3. The Morgan fingerprint density at radius 2 is 1.62 bits per heavy atom. The number of aromatic nitrogens is 1. The third-order valence-electron chi connectivity index (χ3n) is 5.88. The van der Waals surface area contributed by atoms with E-state index in [0.29, 0.717) is 55.9 Å². The summed E-state index contributed by atoms with van der Waals surface area (Å²) in [7, 11) is 0. The summed E-state index contributed by atoms with van der Waals surface area (Å²) in [4.78, 5) is 20.7. The van der Waals surface area contributed by atoms with Gasteiger partial charge < -0.3 is 19.3 Å². The van der Waals surface area contributed by atoms with Crippen LogP contribution in [0, 0.1) is 22.7 Å². The van der Waals surface area contributed by atoms with Crippen molar-refractivity contribution >= 4 is 41.0 Å². The van der Waals surface area contributed by atoms with Crippen molar-refractivity contribution in [3.05, 3.63) is 58.7 Å². The van der Waals surface area contributed by atoms with E-state index in [1.807, 2.05) is 49.1 Å². The number of carbonyl (C=O) groups is 1. The summed E-state index contributed by atoms with van der Waals surface area (Å²) in [5, 5.41) is 16.5. The van der Waals surface area contributed by atoms with Gasteiger partial charge >= 0.3 is 0 Å². The van der Waals surface area contributed by atoms with E-state index in [0.717, 1.165) is 18.0 Å². The lowest BCUT2D eigenvalue weighted by Crippen LogP contribution is -2.44. The van der Waals surface area contributed by atoms with Crippen molar-refractivity contribution in [3.8, 4) is 5.88 Å². The highest BCUT2D eigenvalue weighted by molar-refractivity contribution is 6.30. The molecule has 0 aliphatic carbocycles. The predicted molar refractivity (Wildman–Crippen MR) is 149 cm³/mol. The summed E-state index contributed by atoms with van der Waals surface area (Å²) in [6.45, 7) is 8.71. The largest absolute Gasteiger partial charge is 0.477 e. The maximum atomic E-state index is 12.8. The molecule has 0 saturated carbocycles. The molecule has 10 heteroatoms. The molecule has 37 heavy (non-hydrogen) atoms. The quantitative estimate of drug-likeness (QED) is 0.360. The molecule has 0 bridgehead atoms. The van der Waals surface area contributed by atoms with E-state index in [-0.39, 0.29) is 23.7 Å². The van der Waals surface area contributed by atoms with Crippen LogP contribution < -0.4 is 4.74 Å². The van der Waals surface area contributed by atoms with Crippen molar-refractivity contribution in [2.45, 2.75) is 40.0 Å². The van der Waals surface area contributed by atoms with Gasteiger partial charge in [0, 0.05) is 62.2 Å². The highest BCUT2D eigenvalue weighted by Gasteiger charge is 2.33. The first kappa shape index (κ1) is 30.4. The SMILES string of the molecule is CC.CC(=N)OC(=N)N1CCC(C(=O)N2CCC(COc3ccc(Cl)cn3)C2)CC1.Clc1ccccc1. The summed E-state index contributed by atoms with van der Waals surface area (Å²) in [6.07, 6.45) is 3.89. The number of amides is 1. The lowest BCUT2D eigenvalue weighted by molar-refractivity contribution is -0.135. The van der Waals surface area contributed by atoms with Gasteiger partial charge in [0.25, 0.3) is 6.02 Å². The van der Waals surface area contributed by atoms with Gasteiger partial charge in [-0.3, -0.25) is 15.6 Å². The molecule has 3 heterocycles. The average Bonchev–Trinajstić information content (AvgIpc) is 3.39. The third-order valence-corrected chi connectivity index (χ3v) is 6.35. The van der Waals surface area contributed by atoms with Crippen molar-refractivity contribution in [1.82, 2.24) is 14.8 Å². The molecule has 8 nitrogen and oxygen atoms in total. The summed E-state index contributed by atoms with van der Waals surface area (Å²) < 4.78 is 10.8. The molecule has 4 rings (SSSR count). The van der Waals surface area contributed by atoms with Crippen LogP contribution in [-0.2, 0) is 9.53 Å². The maximum absolute atomic E-state index is 12.8. The zero-order chi connectivity index (χ0) is 27.2. The molecule has 1 atom stereocenters. The lowest BCUT2D eigenvalue weighted by atomic mass is 9.95. The van der Waals surface area contributed by atoms with Gasteiger partial charge in [0.2, 0.25) is 11.8 Å². The number of amidine groups is 1. The number of carbonyl (C=O) groups excluding carboxylic acids is 1. The summed E-state index contributed by atoms with van der Waals surface area (Å²) in [5.74, 6) is 1.04. The highest BCUT2D eigenvalue weighted by Crippen LogP contribution is 2.25. The molecule has 2 N–H and O–H groups in total. The number of piperidine rings is 1. The Morgan fingerprint density at radius 3 is 2.16 bits per heavy atom. The Morgan fingerprint density at radius 1 is 0.973 bits per heavy atom. The van der Waals surface area contributed by atoms with Crippen LogP contribution in [0.25, 0.3) is 0 Å². The maximum Gasteiger partial charge on any atom is 0.291 e. The second-order valence-corrected chi connectivity index (χ2v) is 9.46. The van der Waals surface area contributed by atoms with Gasteiger partial charge in [0.1, 0.15) is 0 Å². The summed E-state index contributed by atoms with van der Waals surface area (Å²) in [5.41, 5.74) is 0. The van der Waals surface area contributed by atoms with E-state index in [1.54, 1.807) is 23.2 Å². The van der Waals surface area contributed by atoms with Crippen LogP contribution in [0.1, 0.15) is 40.0 Å². The van der Waals surface area contributed by atoms with E-state index < -0.39 is 0 Å². The molecule has 2 fully saturated rings. The number of hydrogen-bond donors (Lipinski definition) is 2. The molecule has 2 aliphatic rings. The van der Waals surface area contributed by atoms with Gasteiger partial charge in [-0.25, -0.2) is 4.98 Å². The number of hydrogen-bond acceptors (Lipinski definition) is 6. The first-order chi connectivity index (χ1) is 17.8. The number of likely N-dealkylation sites (tertiary alicyclic amines) is 2. The first-order valence-corrected chi connectivity index (χ1v) is 13.4. The lowest BCUT2D eigenvalue weighted by Gasteiger charge is -2.33. The van der Waals surface area contributed by atoms with Crippen LogP contribution in [0.4, 0.5) is 0 Å². The Kier molecular flexibility index (Phi) is 13.2. The average molecular weight is 551 g/mol. The second-order valence-electron chi connectivity index (χ2n) is 8.58. The van der Waals surface area contributed by atoms with Gasteiger partial charge in [-0.2, -0.15) is 0 Å². The van der Waals surface area contributed by atoms with Crippen LogP contribution in [0.5, 0.6) is 5.88 Å². The van der Waals surface area contributed by atoms with Crippen LogP contribution >= 0.6 is 23.2 Å². The van der Waals surface area contributed by atoms with Crippen molar-refractivity contribution < 1.29 is 14.3 Å². The smallest absolute Gasteiger partial charge is 0.291 e. The summed E-state index contributed by atoms with van der Waals surface area (Å²) >= 11 is 11.4. The molecule has 0 spiro atoms. The number of nitrogens with zero attached hydrogens (tertiary/aromatic N) is 3. The van der Waals surface area contributed by atoms with Crippen LogP contribution in [-0.4, -0.2) is 65.4 Å². The number of nitrogens with one attached hydrogen (secondary N) is 2. The zero-order valence-corrected chi connectivity index (χ0v) is 23.3. The minimum Gasteiger partial charge on any atom is -0.477 e. The summed E-state index contributed by atoms with van der Waals surface area (Å²) in [6, 6.07) is 12.9.